The Morgan fingerprint density at radius 3 is 1.50 bits per heavy atom. The number of halogens is 1. The fourth-order valence-corrected chi connectivity index (χ4v) is 3.47. The molecule has 0 atom stereocenters. The maximum Gasteiger partial charge on any atom is 0.261 e. The molecule has 0 aliphatic rings. The van der Waals surface area contributed by atoms with Gasteiger partial charge in [-0.2, -0.15) is 0 Å². The summed E-state index contributed by atoms with van der Waals surface area (Å²) in [5.74, 6) is 1.29. The van der Waals surface area contributed by atoms with Crippen molar-refractivity contribution in [1.29, 1.82) is 0 Å². The molecule has 0 unspecified atom stereocenters. The molecular formula is C16H20ClNO6S2. The van der Waals surface area contributed by atoms with Gasteiger partial charge in [-0.3, -0.25) is 0 Å². The fraction of sp³-hybridized carbons (Fsp3) is 0.250. The van der Waals surface area contributed by atoms with Crippen LogP contribution in [0.4, 0.5) is 0 Å². The zero-order valence-electron chi connectivity index (χ0n) is 14.7. The summed E-state index contributed by atoms with van der Waals surface area (Å²) in [7, 11) is 0.970. The number of nitrogens with two attached hydrogens (primary N) is 1. The predicted molar refractivity (Wildman–Crippen MR) is 99.9 cm³/mol. The Bertz CT molecular complexity index is 906. The lowest BCUT2D eigenvalue weighted by molar-refractivity contribution is 0.411. The summed E-state index contributed by atoms with van der Waals surface area (Å²) in [6.45, 7) is 3.51. The van der Waals surface area contributed by atoms with Crippen LogP contribution in [0.3, 0.4) is 0 Å². The summed E-state index contributed by atoms with van der Waals surface area (Å²) < 4.78 is 53.6. The molecule has 0 saturated carbocycles. The summed E-state index contributed by atoms with van der Waals surface area (Å²) in [6, 6.07) is 8.93. The zero-order valence-corrected chi connectivity index (χ0v) is 17.1. The van der Waals surface area contributed by atoms with Crippen molar-refractivity contribution in [2.24, 2.45) is 5.14 Å². The first-order valence-electron chi connectivity index (χ1n) is 7.17. The van der Waals surface area contributed by atoms with Crippen molar-refractivity contribution in [2.45, 2.75) is 23.6 Å². The molecule has 144 valence electrons. The highest BCUT2D eigenvalue weighted by atomic mass is 35.7. The van der Waals surface area contributed by atoms with Crippen LogP contribution in [0.5, 0.6) is 11.5 Å². The molecule has 0 amide bonds. The molecule has 0 aliphatic carbocycles. The number of rotatable bonds is 4. The quantitative estimate of drug-likeness (QED) is 0.759. The largest absolute Gasteiger partial charge is 0.496 e. The number of benzene rings is 2. The van der Waals surface area contributed by atoms with E-state index in [1.165, 1.54) is 38.5 Å². The Labute approximate surface area is 158 Å². The van der Waals surface area contributed by atoms with Crippen LogP contribution >= 0.6 is 10.7 Å². The van der Waals surface area contributed by atoms with E-state index in [9.17, 15) is 16.8 Å². The standard InChI is InChI=1S/C8H9ClO3S.C8H11NO3S/c2*1-6-5-7(13(9,10)11)3-4-8(6)12-2/h3-5H,1-2H3;3-5H,1-2H3,(H2,9,10,11). The Morgan fingerprint density at radius 2 is 1.19 bits per heavy atom. The second kappa shape index (κ2) is 8.72. The number of aryl methyl sites for hydroxylation is 2. The van der Waals surface area contributed by atoms with E-state index in [4.69, 9.17) is 25.3 Å². The molecule has 0 radical (unpaired) electrons. The van der Waals surface area contributed by atoms with Crippen LogP contribution in [0.15, 0.2) is 46.2 Å². The van der Waals surface area contributed by atoms with Crippen LogP contribution < -0.4 is 14.6 Å². The SMILES string of the molecule is COc1ccc(S(=O)(=O)Cl)cc1C.COc1ccc(S(N)(=O)=O)cc1C. The average molecular weight is 422 g/mol. The van der Waals surface area contributed by atoms with Crippen LogP contribution in [0, 0.1) is 13.8 Å². The number of hydrogen-bond donors (Lipinski definition) is 1. The lowest BCUT2D eigenvalue weighted by Gasteiger charge is -2.05. The lowest BCUT2D eigenvalue weighted by atomic mass is 10.2. The molecule has 26 heavy (non-hydrogen) atoms. The summed E-state index contributed by atoms with van der Waals surface area (Å²) >= 11 is 0. The van der Waals surface area contributed by atoms with Gasteiger partial charge in [-0.05, 0) is 61.4 Å². The third-order valence-electron chi connectivity index (χ3n) is 3.34. The summed E-state index contributed by atoms with van der Waals surface area (Å²) in [5, 5.41) is 4.95. The Balaban J connectivity index is 0.000000260. The van der Waals surface area contributed by atoms with Gasteiger partial charge in [0.2, 0.25) is 10.0 Å². The van der Waals surface area contributed by atoms with Crippen molar-refractivity contribution in [1.82, 2.24) is 0 Å². The number of hydrogen-bond acceptors (Lipinski definition) is 6. The summed E-state index contributed by atoms with van der Waals surface area (Å²) in [4.78, 5) is 0.193. The molecule has 0 aromatic heterocycles. The molecular weight excluding hydrogens is 402 g/mol. The molecule has 2 aromatic carbocycles. The highest BCUT2D eigenvalue weighted by Gasteiger charge is 2.11. The van der Waals surface area contributed by atoms with Gasteiger partial charge in [-0.1, -0.05) is 0 Å². The normalized spacial score (nSPS) is 11.3. The van der Waals surface area contributed by atoms with E-state index in [1.807, 2.05) is 0 Å². The minimum absolute atomic E-state index is 0.0902. The molecule has 0 saturated heterocycles. The van der Waals surface area contributed by atoms with Crippen LogP contribution in [0.2, 0.25) is 0 Å². The van der Waals surface area contributed by atoms with Gasteiger partial charge in [-0.25, -0.2) is 22.0 Å². The van der Waals surface area contributed by atoms with Gasteiger partial charge < -0.3 is 9.47 Å². The first kappa shape index (κ1) is 22.2. The van der Waals surface area contributed by atoms with Gasteiger partial charge in [0, 0.05) is 10.7 Å². The van der Waals surface area contributed by atoms with Crippen molar-refractivity contribution in [3.63, 3.8) is 0 Å². The molecule has 0 spiro atoms. The van der Waals surface area contributed by atoms with Gasteiger partial charge in [0.15, 0.2) is 0 Å². The molecule has 2 aromatic rings. The van der Waals surface area contributed by atoms with Crippen LogP contribution in [0.1, 0.15) is 11.1 Å². The predicted octanol–water partition coefficient (Wildman–Crippen LogP) is 2.58. The van der Waals surface area contributed by atoms with Crippen LogP contribution in [-0.4, -0.2) is 31.1 Å². The maximum absolute atomic E-state index is 10.9. The van der Waals surface area contributed by atoms with Crippen molar-refractivity contribution >= 4 is 29.8 Å². The van der Waals surface area contributed by atoms with E-state index in [0.29, 0.717) is 11.5 Å². The average Bonchev–Trinajstić information content (AvgIpc) is 2.53. The van der Waals surface area contributed by atoms with Crippen molar-refractivity contribution < 1.29 is 26.3 Å². The van der Waals surface area contributed by atoms with E-state index in [2.05, 4.69) is 0 Å². The molecule has 0 fully saturated rings. The zero-order chi connectivity index (χ0) is 20.1. The third-order valence-corrected chi connectivity index (χ3v) is 5.61. The first-order chi connectivity index (χ1) is 11.9. The molecule has 0 heterocycles. The van der Waals surface area contributed by atoms with Gasteiger partial charge in [-0.15, -0.1) is 0 Å². The van der Waals surface area contributed by atoms with Gasteiger partial charge in [0.05, 0.1) is 24.0 Å². The lowest BCUT2D eigenvalue weighted by Crippen LogP contribution is -2.12. The maximum atomic E-state index is 10.9. The van der Waals surface area contributed by atoms with E-state index in [-0.39, 0.29) is 9.79 Å². The Kier molecular flexibility index (Phi) is 7.45. The van der Waals surface area contributed by atoms with E-state index < -0.39 is 19.1 Å². The monoisotopic (exact) mass is 421 g/mol. The van der Waals surface area contributed by atoms with Gasteiger partial charge >= 0.3 is 0 Å². The molecule has 10 heteroatoms. The summed E-state index contributed by atoms with van der Waals surface area (Å²) in [6.07, 6.45) is 0. The smallest absolute Gasteiger partial charge is 0.261 e. The second-order valence-corrected chi connectivity index (χ2v) is 9.37. The highest BCUT2D eigenvalue weighted by Crippen LogP contribution is 2.23. The Hall–Kier alpha value is -1.81. The number of primary sulfonamides is 1. The molecule has 0 bridgehead atoms. The number of ether oxygens (including phenoxy) is 2. The highest BCUT2D eigenvalue weighted by molar-refractivity contribution is 8.13. The van der Waals surface area contributed by atoms with Crippen LogP contribution in [0.25, 0.3) is 0 Å². The first-order valence-corrected chi connectivity index (χ1v) is 11.0. The van der Waals surface area contributed by atoms with Gasteiger partial charge in [0.1, 0.15) is 11.5 Å². The molecule has 7 nitrogen and oxygen atoms in total. The van der Waals surface area contributed by atoms with Crippen molar-refractivity contribution in [3.8, 4) is 11.5 Å². The molecule has 2 rings (SSSR count). The topological polar surface area (TPSA) is 113 Å². The second-order valence-electron chi connectivity index (χ2n) is 5.25. The van der Waals surface area contributed by atoms with Crippen LogP contribution in [-0.2, 0) is 19.1 Å². The number of methoxy groups -OCH3 is 2. The Morgan fingerprint density at radius 1 is 0.808 bits per heavy atom. The van der Waals surface area contributed by atoms with E-state index in [1.54, 1.807) is 26.0 Å². The van der Waals surface area contributed by atoms with Crippen molar-refractivity contribution in [3.05, 3.63) is 47.5 Å². The van der Waals surface area contributed by atoms with E-state index >= 15 is 0 Å². The fourth-order valence-electron chi connectivity index (χ4n) is 2.03. The minimum atomic E-state index is -3.63. The molecule has 2 N–H and O–H groups in total. The third kappa shape index (κ3) is 6.17. The van der Waals surface area contributed by atoms with E-state index in [0.717, 1.165) is 11.1 Å². The van der Waals surface area contributed by atoms with Crippen molar-refractivity contribution in [2.75, 3.05) is 14.2 Å². The molecule has 0 aliphatic heterocycles. The summed E-state index contributed by atoms with van der Waals surface area (Å²) in [5.41, 5.74) is 1.48. The van der Waals surface area contributed by atoms with Gasteiger partial charge in [0.25, 0.3) is 9.05 Å². The minimum Gasteiger partial charge on any atom is -0.496 e. The number of sulfonamides is 1.